The minimum atomic E-state index is -0.0784. The Kier molecular flexibility index (Phi) is 5.21. The van der Waals surface area contributed by atoms with E-state index >= 15 is 0 Å². The summed E-state index contributed by atoms with van der Waals surface area (Å²) in [5.74, 6) is 2.03. The topological polar surface area (TPSA) is 128 Å². The highest BCUT2D eigenvalue weighted by molar-refractivity contribution is 7.05. The number of anilines is 1. The zero-order chi connectivity index (χ0) is 22.2. The van der Waals surface area contributed by atoms with Crippen LogP contribution in [0.3, 0.4) is 0 Å². The van der Waals surface area contributed by atoms with E-state index in [4.69, 9.17) is 4.98 Å². The number of nitrogens with one attached hydrogen (secondary N) is 1. The van der Waals surface area contributed by atoms with Crippen LogP contribution in [0.25, 0.3) is 22.6 Å². The highest BCUT2D eigenvalue weighted by Gasteiger charge is 2.30. The van der Waals surface area contributed by atoms with E-state index in [0.29, 0.717) is 42.5 Å². The second-order valence-corrected chi connectivity index (χ2v) is 8.61. The van der Waals surface area contributed by atoms with Gasteiger partial charge in [-0.3, -0.25) is 4.79 Å². The summed E-state index contributed by atoms with van der Waals surface area (Å²) in [6.45, 7) is 7.67. The van der Waals surface area contributed by atoms with Crippen LogP contribution in [-0.2, 0) is 6.54 Å². The third kappa shape index (κ3) is 3.55. The monoisotopic (exact) mass is 450 g/mol. The van der Waals surface area contributed by atoms with Gasteiger partial charge in [0.1, 0.15) is 18.0 Å². The Bertz CT molecular complexity index is 1280. The van der Waals surface area contributed by atoms with Crippen molar-refractivity contribution < 1.29 is 4.79 Å². The van der Waals surface area contributed by atoms with Crippen molar-refractivity contribution in [2.24, 2.45) is 0 Å². The summed E-state index contributed by atoms with van der Waals surface area (Å²) in [5, 5.41) is 7.45. The molecule has 0 saturated carbocycles. The third-order valence-corrected chi connectivity index (χ3v) is 6.19. The summed E-state index contributed by atoms with van der Waals surface area (Å²) in [5.41, 5.74) is 2.70. The summed E-state index contributed by atoms with van der Waals surface area (Å²) in [7, 11) is 0. The normalized spacial score (nSPS) is 16.1. The molecular weight excluding hydrogens is 428 g/mol. The third-order valence-electron chi connectivity index (χ3n) is 5.56. The number of carbonyl (C=O) groups is 1. The van der Waals surface area contributed by atoms with Crippen molar-refractivity contribution in [2.75, 3.05) is 18.4 Å². The molecule has 11 nitrogen and oxygen atoms in total. The number of aryl methyl sites for hydroxylation is 3. The van der Waals surface area contributed by atoms with Crippen molar-refractivity contribution in [3.63, 3.8) is 0 Å². The Labute approximate surface area is 188 Å². The average molecular weight is 451 g/mol. The van der Waals surface area contributed by atoms with E-state index < -0.39 is 0 Å². The summed E-state index contributed by atoms with van der Waals surface area (Å²) in [4.78, 5) is 37.7. The van der Waals surface area contributed by atoms with Crippen LogP contribution in [0.2, 0.25) is 0 Å². The van der Waals surface area contributed by atoms with Crippen molar-refractivity contribution in [3.05, 3.63) is 35.1 Å². The van der Waals surface area contributed by atoms with Crippen LogP contribution in [0.5, 0.6) is 0 Å². The second-order valence-electron chi connectivity index (χ2n) is 7.65. The molecule has 4 aromatic rings. The predicted molar refractivity (Wildman–Crippen MR) is 119 cm³/mol. The number of hydrogen-bond acceptors (Lipinski definition) is 10. The minimum absolute atomic E-state index is 0.0573. The van der Waals surface area contributed by atoms with Crippen molar-refractivity contribution >= 4 is 34.4 Å². The van der Waals surface area contributed by atoms with Gasteiger partial charge in [-0.25, -0.2) is 24.9 Å². The van der Waals surface area contributed by atoms with Crippen LogP contribution in [-0.4, -0.2) is 69.0 Å². The molecule has 0 spiro atoms. The molecule has 0 bridgehead atoms. The van der Waals surface area contributed by atoms with E-state index in [1.807, 2.05) is 25.3 Å². The molecule has 0 aliphatic carbocycles. The Morgan fingerprint density at radius 2 is 2.03 bits per heavy atom. The number of rotatable bonds is 5. The van der Waals surface area contributed by atoms with Gasteiger partial charge in [-0.1, -0.05) is 4.49 Å². The maximum Gasteiger partial charge on any atom is 0.275 e. The number of aromatic nitrogens is 8. The molecule has 12 heteroatoms. The first kappa shape index (κ1) is 20.4. The molecule has 1 fully saturated rings. The standard InChI is InChI=1S/C20H22N10OS/c1-4-30-18(13-7-21-12(3)22-8-13)26-16-17(23-10-24-19(16)30)25-14-5-6-29(9-14)20(31)15-11(2)32-28-27-15/h7-8,10,14H,4-6,9H2,1-3H3,(H,23,24,25). The molecule has 1 unspecified atom stereocenters. The summed E-state index contributed by atoms with van der Waals surface area (Å²) < 4.78 is 5.90. The van der Waals surface area contributed by atoms with E-state index in [2.05, 4.69) is 34.8 Å². The van der Waals surface area contributed by atoms with E-state index in [-0.39, 0.29) is 11.9 Å². The fourth-order valence-electron chi connectivity index (χ4n) is 3.91. The lowest BCUT2D eigenvalue weighted by Crippen LogP contribution is -2.32. The fourth-order valence-corrected chi connectivity index (χ4v) is 4.36. The largest absolute Gasteiger partial charge is 0.364 e. The van der Waals surface area contributed by atoms with Gasteiger partial charge < -0.3 is 14.8 Å². The van der Waals surface area contributed by atoms with Gasteiger partial charge in [0.25, 0.3) is 5.91 Å². The number of amides is 1. The van der Waals surface area contributed by atoms with Gasteiger partial charge in [0.15, 0.2) is 22.7 Å². The maximum absolute atomic E-state index is 12.8. The van der Waals surface area contributed by atoms with Crippen molar-refractivity contribution in [2.45, 2.75) is 39.8 Å². The predicted octanol–water partition coefficient (Wildman–Crippen LogP) is 2.10. The molecule has 5 heterocycles. The quantitative estimate of drug-likeness (QED) is 0.486. The summed E-state index contributed by atoms with van der Waals surface area (Å²) >= 11 is 1.24. The number of hydrogen-bond donors (Lipinski definition) is 1. The molecule has 0 aromatic carbocycles. The van der Waals surface area contributed by atoms with Crippen molar-refractivity contribution in [1.82, 2.24) is 44.0 Å². The molecule has 32 heavy (non-hydrogen) atoms. The van der Waals surface area contributed by atoms with Crippen LogP contribution in [0.15, 0.2) is 18.7 Å². The van der Waals surface area contributed by atoms with Crippen LogP contribution in [0, 0.1) is 13.8 Å². The van der Waals surface area contributed by atoms with Crippen LogP contribution < -0.4 is 5.32 Å². The number of imidazole rings is 1. The smallest absolute Gasteiger partial charge is 0.275 e. The average Bonchev–Trinajstić information content (AvgIpc) is 3.52. The first-order valence-electron chi connectivity index (χ1n) is 10.4. The Morgan fingerprint density at radius 3 is 2.75 bits per heavy atom. The molecule has 1 saturated heterocycles. The van der Waals surface area contributed by atoms with Gasteiger partial charge in [0.05, 0.1) is 10.4 Å². The second kappa shape index (κ2) is 8.19. The Hall–Kier alpha value is -3.54. The molecule has 5 rings (SSSR count). The van der Waals surface area contributed by atoms with E-state index in [9.17, 15) is 4.79 Å². The van der Waals surface area contributed by atoms with Crippen LogP contribution in [0.4, 0.5) is 5.82 Å². The van der Waals surface area contributed by atoms with E-state index in [1.54, 1.807) is 17.3 Å². The highest BCUT2D eigenvalue weighted by Crippen LogP contribution is 2.27. The Morgan fingerprint density at radius 1 is 1.22 bits per heavy atom. The van der Waals surface area contributed by atoms with Crippen molar-refractivity contribution in [1.29, 1.82) is 0 Å². The molecule has 1 aliphatic heterocycles. The molecule has 1 amide bonds. The molecule has 0 radical (unpaired) electrons. The molecule has 1 N–H and O–H groups in total. The lowest BCUT2D eigenvalue weighted by molar-refractivity contribution is 0.0785. The maximum atomic E-state index is 12.8. The number of likely N-dealkylation sites (tertiary alicyclic amines) is 1. The highest BCUT2D eigenvalue weighted by atomic mass is 32.1. The van der Waals surface area contributed by atoms with Gasteiger partial charge in [0.2, 0.25) is 0 Å². The molecule has 4 aromatic heterocycles. The van der Waals surface area contributed by atoms with Gasteiger partial charge >= 0.3 is 0 Å². The zero-order valence-electron chi connectivity index (χ0n) is 18.0. The first-order chi connectivity index (χ1) is 15.5. The van der Waals surface area contributed by atoms with Crippen LogP contribution in [0.1, 0.15) is 34.5 Å². The molecule has 1 aliphatic rings. The van der Waals surface area contributed by atoms with Crippen LogP contribution >= 0.6 is 11.5 Å². The first-order valence-corrected chi connectivity index (χ1v) is 11.2. The summed E-state index contributed by atoms with van der Waals surface area (Å²) in [6, 6.07) is 0.0573. The van der Waals surface area contributed by atoms with Gasteiger partial charge in [-0.05, 0) is 38.7 Å². The molecule has 1 atom stereocenters. The fraction of sp³-hybridized carbons (Fsp3) is 0.400. The zero-order valence-corrected chi connectivity index (χ0v) is 18.8. The van der Waals surface area contributed by atoms with Gasteiger partial charge in [0, 0.05) is 38.1 Å². The lowest BCUT2D eigenvalue weighted by Gasteiger charge is -2.16. The van der Waals surface area contributed by atoms with E-state index in [1.165, 1.54) is 17.9 Å². The lowest BCUT2D eigenvalue weighted by atomic mass is 10.2. The number of nitrogens with zero attached hydrogens (tertiary/aromatic N) is 9. The SMILES string of the molecule is CCn1c(-c2cnc(C)nc2)nc2c(NC3CCN(C(=O)c4nnsc4C)C3)ncnc21. The number of fused-ring (bicyclic) bond motifs is 1. The molecule has 164 valence electrons. The minimum Gasteiger partial charge on any atom is -0.364 e. The van der Waals surface area contributed by atoms with E-state index in [0.717, 1.165) is 28.3 Å². The molecular formula is C20H22N10OS. The summed E-state index contributed by atoms with van der Waals surface area (Å²) in [6.07, 6.45) is 5.88. The van der Waals surface area contributed by atoms with Gasteiger partial charge in [-0.2, -0.15) is 0 Å². The van der Waals surface area contributed by atoms with Gasteiger partial charge in [-0.15, -0.1) is 5.10 Å². The Balaban J connectivity index is 1.41. The number of carbonyl (C=O) groups excluding carboxylic acids is 1. The van der Waals surface area contributed by atoms with Crippen molar-refractivity contribution in [3.8, 4) is 11.4 Å².